The standard InChI is InChI=1S/C15H22N2O2/c1-10(2)8-17-15(18)12-5-6-13(16)14(7-12)19-9-11(3)4/h5-7,10H,3,8-9,16H2,1-2,4H3,(H,17,18). The smallest absolute Gasteiger partial charge is 0.251 e. The van der Waals surface area contributed by atoms with Crippen LogP contribution in [-0.4, -0.2) is 19.1 Å². The maximum atomic E-state index is 11.9. The summed E-state index contributed by atoms with van der Waals surface area (Å²) in [4.78, 5) is 11.9. The minimum absolute atomic E-state index is 0.117. The van der Waals surface area contributed by atoms with Crippen LogP contribution in [0.2, 0.25) is 0 Å². The fraction of sp³-hybridized carbons (Fsp3) is 0.400. The van der Waals surface area contributed by atoms with Crippen LogP contribution in [0.15, 0.2) is 30.4 Å². The number of nitrogen functional groups attached to an aromatic ring is 1. The molecule has 104 valence electrons. The van der Waals surface area contributed by atoms with Gasteiger partial charge in [-0.1, -0.05) is 20.4 Å². The predicted molar refractivity (Wildman–Crippen MR) is 78.3 cm³/mol. The number of anilines is 1. The third-order valence-electron chi connectivity index (χ3n) is 2.42. The van der Waals surface area contributed by atoms with Gasteiger partial charge in [0.15, 0.2) is 0 Å². The molecule has 1 amide bonds. The second-order valence-corrected chi connectivity index (χ2v) is 5.10. The van der Waals surface area contributed by atoms with E-state index in [-0.39, 0.29) is 5.91 Å². The lowest BCUT2D eigenvalue weighted by Crippen LogP contribution is -2.27. The summed E-state index contributed by atoms with van der Waals surface area (Å²) in [5.74, 6) is 0.811. The fourth-order valence-corrected chi connectivity index (χ4v) is 1.40. The van der Waals surface area contributed by atoms with E-state index in [0.29, 0.717) is 36.1 Å². The largest absolute Gasteiger partial charge is 0.487 e. The molecule has 0 aromatic heterocycles. The van der Waals surface area contributed by atoms with E-state index in [0.717, 1.165) is 5.57 Å². The molecule has 0 radical (unpaired) electrons. The molecule has 1 rings (SSSR count). The van der Waals surface area contributed by atoms with Gasteiger partial charge in [0.1, 0.15) is 12.4 Å². The molecule has 0 aliphatic rings. The van der Waals surface area contributed by atoms with Crippen molar-refractivity contribution in [2.24, 2.45) is 5.92 Å². The lowest BCUT2D eigenvalue weighted by atomic mass is 10.1. The third kappa shape index (κ3) is 5.04. The zero-order chi connectivity index (χ0) is 14.4. The van der Waals surface area contributed by atoms with Crippen LogP contribution in [0.4, 0.5) is 5.69 Å². The Labute approximate surface area is 114 Å². The van der Waals surface area contributed by atoms with Crippen molar-refractivity contribution in [3.05, 3.63) is 35.9 Å². The number of hydrogen-bond acceptors (Lipinski definition) is 3. The molecule has 19 heavy (non-hydrogen) atoms. The van der Waals surface area contributed by atoms with Crippen molar-refractivity contribution in [2.45, 2.75) is 20.8 Å². The summed E-state index contributed by atoms with van der Waals surface area (Å²) >= 11 is 0. The molecule has 0 aliphatic carbocycles. The lowest BCUT2D eigenvalue weighted by molar-refractivity contribution is 0.0948. The highest BCUT2D eigenvalue weighted by Gasteiger charge is 2.09. The van der Waals surface area contributed by atoms with E-state index in [4.69, 9.17) is 10.5 Å². The summed E-state index contributed by atoms with van der Waals surface area (Å²) in [5.41, 5.74) is 7.77. The molecule has 0 saturated carbocycles. The molecule has 0 spiro atoms. The van der Waals surface area contributed by atoms with Gasteiger partial charge in [0.2, 0.25) is 0 Å². The number of nitrogens with one attached hydrogen (secondary N) is 1. The van der Waals surface area contributed by atoms with Crippen molar-refractivity contribution in [3.8, 4) is 5.75 Å². The highest BCUT2D eigenvalue weighted by molar-refractivity contribution is 5.95. The molecular weight excluding hydrogens is 240 g/mol. The van der Waals surface area contributed by atoms with Gasteiger partial charge >= 0.3 is 0 Å². The number of nitrogens with two attached hydrogens (primary N) is 1. The van der Waals surface area contributed by atoms with E-state index in [1.807, 2.05) is 20.8 Å². The average Bonchev–Trinajstić information content (AvgIpc) is 2.34. The Hall–Kier alpha value is -1.97. The fourth-order valence-electron chi connectivity index (χ4n) is 1.40. The van der Waals surface area contributed by atoms with Crippen LogP contribution in [0.1, 0.15) is 31.1 Å². The minimum atomic E-state index is -0.117. The highest BCUT2D eigenvalue weighted by Crippen LogP contribution is 2.23. The first-order valence-corrected chi connectivity index (χ1v) is 6.35. The zero-order valence-electron chi connectivity index (χ0n) is 11.8. The molecule has 0 unspecified atom stereocenters. The summed E-state index contributed by atoms with van der Waals surface area (Å²) in [6.45, 7) is 10.8. The Kier molecular flexibility index (Phi) is 5.42. The van der Waals surface area contributed by atoms with E-state index < -0.39 is 0 Å². The first-order chi connectivity index (χ1) is 8.90. The molecular formula is C15H22N2O2. The topological polar surface area (TPSA) is 64.3 Å². The van der Waals surface area contributed by atoms with Crippen LogP contribution in [-0.2, 0) is 0 Å². The average molecular weight is 262 g/mol. The molecule has 0 atom stereocenters. The second kappa shape index (κ2) is 6.83. The van der Waals surface area contributed by atoms with E-state index in [2.05, 4.69) is 11.9 Å². The van der Waals surface area contributed by atoms with Crippen molar-refractivity contribution in [2.75, 3.05) is 18.9 Å². The van der Waals surface area contributed by atoms with Crippen molar-refractivity contribution in [1.82, 2.24) is 5.32 Å². The van der Waals surface area contributed by atoms with Crippen LogP contribution in [0.5, 0.6) is 5.75 Å². The van der Waals surface area contributed by atoms with Gasteiger partial charge in [-0.3, -0.25) is 4.79 Å². The Morgan fingerprint density at radius 2 is 2.16 bits per heavy atom. The van der Waals surface area contributed by atoms with Gasteiger partial charge in [-0.2, -0.15) is 0 Å². The van der Waals surface area contributed by atoms with Gasteiger partial charge < -0.3 is 15.8 Å². The SMILES string of the molecule is C=C(C)COc1cc(C(=O)NCC(C)C)ccc1N. The first-order valence-electron chi connectivity index (χ1n) is 6.35. The number of rotatable bonds is 6. The van der Waals surface area contributed by atoms with Crippen LogP contribution < -0.4 is 15.8 Å². The number of amides is 1. The van der Waals surface area contributed by atoms with Crippen molar-refractivity contribution in [3.63, 3.8) is 0 Å². The lowest BCUT2D eigenvalue weighted by Gasteiger charge is -2.11. The van der Waals surface area contributed by atoms with Gasteiger partial charge in [0, 0.05) is 12.1 Å². The Morgan fingerprint density at radius 1 is 1.47 bits per heavy atom. The molecule has 3 N–H and O–H groups in total. The van der Waals surface area contributed by atoms with Crippen LogP contribution in [0.25, 0.3) is 0 Å². The molecule has 0 saturated heterocycles. The molecule has 4 nitrogen and oxygen atoms in total. The summed E-state index contributed by atoms with van der Waals surface area (Å²) < 4.78 is 5.51. The number of benzene rings is 1. The third-order valence-corrected chi connectivity index (χ3v) is 2.42. The van der Waals surface area contributed by atoms with Crippen molar-refractivity contribution in [1.29, 1.82) is 0 Å². The monoisotopic (exact) mass is 262 g/mol. The molecule has 0 fully saturated rings. The number of carbonyl (C=O) groups excluding carboxylic acids is 1. The van der Waals surface area contributed by atoms with Gasteiger partial charge in [-0.05, 0) is 36.6 Å². The Balaban J connectivity index is 2.77. The molecule has 0 bridgehead atoms. The highest BCUT2D eigenvalue weighted by atomic mass is 16.5. The van der Waals surface area contributed by atoms with Crippen LogP contribution >= 0.6 is 0 Å². The maximum absolute atomic E-state index is 11.9. The van der Waals surface area contributed by atoms with Crippen LogP contribution in [0.3, 0.4) is 0 Å². The number of carbonyl (C=O) groups is 1. The predicted octanol–water partition coefficient (Wildman–Crippen LogP) is 2.61. The minimum Gasteiger partial charge on any atom is -0.487 e. The summed E-state index contributed by atoms with van der Waals surface area (Å²) in [6, 6.07) is 5.03. The normalized spacial score (nSPS) is 10.3. The van der Waals surface area contributed by atoms with E-state index in [1.54, 1.807) is 18.2 Å². The summed E-state index contributed by atoms with van der Waals surface area (Å²) in [6.07, 6.45) is 0. The number of ether oxygens (including phenoxy) is 1. The van der Waals surface area contributed by atoms with Crippen molar-refractivity contribution < 1.29 is 9.53 Å². The quantitative estimate of drug-likeness (QED) is 0.612. The Morgan fingerprint density at radius 3 is 2.74 bits per heavy atom. The van der Waals surface area contributed by atoms with Crippen LogP contribution in [0, 0.1) is 5.92 Å². The van der Waals surface area contributed by atoms with Crippen molar-refractivity contribution >= 4 is 11.6 Å². The summed E-state index contributed by atoms with van der Waals surface area (Å²) in [7, 11) is 0. The molecule has 4 heteroatoms. The molecule has 1 aromatic rings. The molecule has 0 heterocycles. The van der Waals surface area contributed by atoms with Gasteiger partial charge in [0.25, 0.3) is 5.91 Å². The van der Waals surface area contributed by atoms with Gasteiger partial charge in [-0.15, -0.1) is 0 Å². The molecule has 1 aromatic carbocycles. The van der Waals surface area contributed by atoms with E-state index in [9.17, 15) is 4.79 Å². The van der Waals surface area contributed by atoms with E-state index in [1.165, 1.54) is 0 Å². The second-order valence-electron chi connectivity index (χ2n) is 5.10. The Bertz CT molecular complexity index is 467. The summed E-state index contributed by atoms with van der Waals surface area (Å²) in [5, 5.41) is 2.86. The van der Waals surface area contributed by atoms with E-state index >= 15 is 0 Å². The molecule has 0 aliphatic heterocycles. The zero-order valence-corrected chi connectivity index (χ0v) is 11.8. The van der Waals surface area contributed by atoms with Gasteiger partial charge in [0.05, 0.1) is 5.69 Å². The maximum Gasteiger partial charge on any atom is 0.251 e. The number of hydrogen-bond donors (Lipinski definition) is 2. The van der Waals surface area contributed by atoms with Gasteiger partial charge in [-0.25, -0.2) is 0 Å². The first kappa shape index (κ1) is 15.1.